The van der Waals surface area contributed by atoms with E-state index in [1.54, 1.807) is 0 Å². The van der Waals surface area contributed by atoms with E-state index in [4.69, 9.17) is 0 Å². The van der Waals surface area contributed by atoms with Crippen LogP contribution in [0, 0.1) is 0 Å². The number of fused-ring (bicyclic) bond motifs is 1. The highest BCUT2D eigenvalue weighted by molar-refractivity contribution is 5.71. The van der Waals surface area contributed by atoms with E-state index in [9.17, 15) is 9.59 Å². The molecule has 2 aromatic heterocycles. The lowest BCUT2D eigenvalue weighted by Crippen LogP contribution is -2.28. The highest BCUT2D eigenvalue weighted by Crippen LogP contribution is 2.12. The third-order valence-corrected chi connectivity index (χ3v) is 3.02. The first-order chi connectivity index (χ1) is 8.74. The van der Waals surface area contributed by atoms with Crippen LogP contribution in [0.4, 0.5) is 5.95 Å². The molecule has 18 heavy (non-hydrogen) atoms. The molecule has 0 atom stereocenters. The Kier molecular flexibility index (Phi) is 2.63. The Hall–Kier alpha value is -2.09. The number of anilines is 1. The topological polar surface area (TPSA) is 110 Å². The van der Waals surface area contributed by atoms with Crippen molar-refractivity contribution in [3.05, 3.63) is 20.8 Å². The molecular weight excluding hydrogens is 236 g/mol. The van der Waals surface area contributed by atoms with Gasteiger partial charge in [0.2, 0.25) is 5.95 Å². The van der Waals surface area contributed by atoms with E-state index in [0.29, 0.717) is 17.1 Å². The van der Waals surface area contributed by atoms with Crippen molar-refractivity contribution in [3.63, 3.8) is 0 Å². The van der Waals surface area contributed by atoms with Crippen LogP contribution in [-0.2, 0) is 0 Å². The van der Waals surface area contributed by atoms with Gasteiger partial charge in [-0.1, -0.05) is 0 Å². The molecule has 1 aliphatic rings. The summed E-state index contributed by atoms with van der Waals surface area (Å²) in [4.78, 5) is 36.7. The van der Waals surface area contributed by atoms with Crippen LogP contribution in [0.2, 0.25) is 0 Å². The van der Waals surface area contributed by atoms with Gasteiger partial charge in [0.15, 0.2) is 11.2 Å². The number of H-pyrrole nitrogens is 3. The number of rotatable bonds is 1. The van der Waals surface area contributed by atoms with Gasteiger partial charge in [0.25, 0.3) is 5.56 Å². The molecule has 0 amide bonds. The van der Waals surface area contributed by atoms with Gasteiger partial charge in [-0.05, 0) is 13.0 Å². The fourth-order valence-corrected chi connectivity index (χ4v) is 2.13. The molecule has 0 saturated carbocycles. The highest BCUT2D eigenvalue weighted by atomic mass is 16.2. The summed E-state index contributed by atoms with van der Waals surface area (Å²) in [7, 11) is 0. The van der Waals surface area contributed by atoms with Crippen molar-refractivity contribution in [2.75, 3.05) is 31.1 Å². The van der Waals surface area contributed by atoms with E-state index in [2.05, 4.69) is 30.2 Å². The van der Waals surface area contributed by atoms with E-state index < -0.39 is 11.2 Å². The average molecular weight is 250 g/mol. The quantitative estimate of drug-likeness (QED) is 0.505. The molecular formula is C10H14N6O2. The Bertz CT molecular complexity index is 661. The summed E-state index contributed by atoms with van der Waals surface area (Å²) in [6.07, 6.45) is 1.02. The molecule has 3 rings (SSSR count). The maximum absolute atomic E-state index is 11.6. The summed E-state index contributed by atoms with van der Waals surface area (Å²) >= 11 is 0. The number of imidazole rings is 1. The monoisotopic (exact) mass is 250 g/mol. The van der Waals surface area contributed by atoms with Gasteiger partial charge < -0.3 is 15.2 Å². The molecule has 3 heterocycles. The van der Waals surface area contributed by atoms with Crippen molar-refractivity contribution in [2.45, 2.75) is 6.42 Å². The average Bonchev–Trinajstić information content (AvgIpc) is 2.59. The van der Waals surface area contributed by atoms with E-state index in [-0.39, 0.29) is 0 Å². The maximum atomic E-state index is 11.6. The zero-order chi connectivity index (χ0) is 12.5. The minimum absolute atomic E-state index is 0.302. The molecule has 96 valence electrons. The van der Waals surface area contributed by atoms with Gasteiger partial charge in [-0.3, -0.25) is 14.8 Å². The number of aromatic nitrogens is 4. The van der Waals surface area contributed by atoms with Gasteiger partial charge >= 0.3 is 5.69 Å². The second-order valence-electron chi connectivity index (χ2n) is 4.28. The first-order valence-electron chi connectivity index (χ1n) is 5.92. The SMILES string of the molecule is O=c1[nH]c(=O)c2[nH]c(N3CCCNCC3)nc2[nH]1. The van der Waals surface area contributed by atoms with E-state index in [1.165, 1.54) is 0 Å². The third-order valence-electron chi connectivity index (χ3n) is 3.02. The van der Waals surface area contributed by atoms with Crippen molar-refractivity contribution in [3.8, 4) is 0 Å². The van der Waals surface area contributed by atoms with E-state index in [1.807, 2.05) is 0 Å². The smallest absolute Gasteiger partial charge is 0.327 e. The summed E-state index contributed by atoms with van der Waals surface area (Å²) in [6, 6.07) is 0. The largest absolute Gasteiger partial charge is 0.341 e. The Morgan fingerprint density at radius 3 is 2.83 bits per heavy atom. The Morgan fingerprint density at radius 2 is 1.94 bits per heavy atom. The van der Waals surface area contributed by atoms with Gasteiger partial charge in [-0.15, -0.1) is 0 Å². The first-order valence-corrected chi connectivity index (χ1v) is 5.92. The predicted molar refractivity (Wildman–Crippen MR) is 67.0 cm³/mol. The Labute approximate surface area is 101 Å². The molecule has 0 aliphatic carbocycles. The van der Waals surface area contributed by atoms with Crippen LogP contribution >= 0.6 is 0 Å². The zero-order valence-electron chi connectivity index (χ0n) is 9.75. The van der Waals surface area contributed by atoms with Crippen molar-refractivity contribution in [1.82, 2.24) is 25.3 Å². The molecule has 0 spiro atoms. The fraction of sp³-hybridized carbons (Fsp3) is 0.500. The molecule has 0 bridgehead atoms. The zero-order valence-corrected chi connectivity index (χ0v) is 9.75. The van der Waals surface area contributed by atoms with Gasteiger partial charge in [0, 0.05) is 19.6 Å². The molecule has 0 aromatic carbocycles. The van der Waals surface area contributed by atoms with Crippen molar-refractivity contribution >= 4 is 17.1 Å². The minimum Gasteiger partial charge on any atom is -0.341 e. The predicted octanol–water partition coefficient (Wildman–Crippen LogP) is -1.26. The molecule has 8 nitrogen and oxygen atoms in total. The molecule has 1 aliphatic heterocycles. The molecule has 0 radical (unpaired) electrons. The lowest BCUT2D eigenvalue weighted by Gasteiger charge is -2.18. The third kappa shape index (κ3) is 1.90. The molecule has 1 fully saturated rings. The van der Waals surface area contributed by atoms with Crippen molar-refractivity contribution < 1.29 is 0 Å². The van der Waals surface area contributed by atoms with Crippen LogP contribution in [0.25, 0.3) is 11.2 Å². The molecule has 4 N–H and O–H groups in total. The Morgan fingerprint density at radius 1 is 1.06 bits per heavy atom. The fourth-order valence-electron chi connectivity index (χ4n) is 2.13. The van der Waals surface area contributed by atoms with Crippen LogP contribution in [0.5, 0.6) is 0 Å². The van der Waals surface area contributed by atoms with Crippen LogP contribution in [0.15, 0.2) is 9.59 Å². The Balaban J connectivity index is 2.04. The number of nitrogens with one attached hydrogen (secondary N) is 4. The second kappa shape index (κ2) is 4.30. The van der Waals surface area contributed by atoms with Gasteiger partial charge in [0.05, 0.1) is 0 Å². The highest BCUT2D eigenvalue weighted by Gasteiger charge is 2.15. The van der Waals surface area contributed by atoms with Crippen molar-refractivity contribution in [2.24, 2.45) is 0 Å². The number of hydrogen-bond donors (Lipinski definition) is 4. The standard InChI is InChI=1S/C10H14N6O2/c17-8-6-7(14-10(18)15-8)13-9(12-6)16-4-1-2-11-3-5-16/h11H,1-5H2,(H3,12,13,14,15,17,18). The van der Waals surface area contributed by atoms with Crippen LogP contribution in [0.1, 0.15) is 6.42 Å². The second-order valence-corrected chi connectivity index (χ2v) is 4.28. The van der Waals surface area contributed by atoms with Crippen LogP contribution in [-0.4, -0.2) is 46.1 Å². The summed E-state index contributed by atoms with van der Waals surface area (Å²) in [5.41, 5.74) is -0.374. The van der Waals surface area contributed by atoms with Gasteiger partial charge in [0.1, 0.15) is 0 Å². The maximum Gasteiger partial charge on any atom is 0.327 e. The number of aromatic amines is 3. The molecule has 0 unspecified atom stereocenters. The van der Waals surface area contributed by atoms with E-state index in [0.717, 1.165) is 32.6 Å². The molecule has 2 aromatic rings. The molecule has 1 saturated heterocycles. The van der Waals surface area contributed by atoms with Gasteiger partial charge in [-0.2, -0.15) is 4.98 Å². The summed E-state index contributed by atoms with van der Waals surface area (Å²) in [5, 5.41) is 3.29. The van der Waals surface area contributed by atoms with Crippen LogP contribution in [0.3, 0.4) is 0 Å². The van der Waals surface area contributed by atoms with Crippen LogP contribution < -0.4 is 21.5 Å². The number of nitrogens with zero attached hydrogens (tertiary/aromatic N) is 2. The molecule has 8 heteroatoms. The van der Waals surface area contributed by atoms with Gasteiger partial charge in [-0.25, -0.2) is 4.79 Å². The van der Waals surface area contributed by atoms with Crippen molar-refractivity contribution in [1.29, 1.82) is 0 Å². The summed E-state index contributed by atoms with van der Waals surface area (Å²) in [6.45, 7) is 3.55. The minimum atomic E-state index is -0.539. The lowest BCUT2D eigenvalue weighted by atomic mass is 10.4. The number of hydrogen-bond acceptors (Lipinski definition) is 5. The lowest BCUT2D eigenvalue weighted by molar-refractivity contribution is 0.724. The first kappa shape index (κ1) is 11.0. The normalized spacial score (nSPS) is 17.0. The van der Waals surface area contributed by atoms with E-state index >= 15 is 0 Å². The summed E-state index contributed by atoms with van der Waals surface area (Å²) < 4.78 is 0. The summed E-state index contributed by atoms with van der Waals surface area (Å²) in [5.74, 6) is 0.626.